The zero-order valence-corrected chi connectivity index (χ0v) is 23.8. The molecule has 0 radical (unpaired) electrons. The minimum Gasteiger partial charge on any atom is -0.460 e. The van der Waals surface area contributed by atoms with Gasteiger partial charge in [-0.15, -0.1) is 0 Å². The van der Waals surface area contributed by atoms with Crippen LogP contribution >= 0.6 is 0 Å². The van der Waals surface area contributed by atoms with E-state index in [0.717, 1.165) is 12.8 Å². The lowest BCUT2D eigenvalue weighted by atomic mass is 9.82. The highest BCUT2D eigenvalue weighted by Gasteiger charge is 2.43. The molecule has 1 aliphatic heterocycles. The second-order valence-corrected chi connectivity index (χ2v) is 12.3. The molecule has 0 N–H and O–H groups in total. The van der Waals surface area contributed by atoms with Gasteiger partial charge in [0.2, 0.25) is 0 Å². The minimum atomic E-state index is -0.486. The Morgan fingerprint density at radius 2 is 1.57 bits per heavy atom. The first-order valence-corrected chi connectivity index (χ1v) is 14.5. The summed E-state index contributed by atoms with van der Waals surface area (Å²) < 4.78 is 12.0. The van der Waals surface area contributed by atoms with Crippen LogP contribution < -0.4 is 0 Å². The summed E-state index contributed by atoms with van der Waals surface area (Å²) in [5.41, 5.74) is 8.25. The summed E-state index contributed by atoms with van der Waals surface area (Å²) in [6.07, 6.45) is 19.4. The Morgan fingerprint density at radius 1 is 1.03 bits per heavy atom. The van der Waals surface area contributed by atoms with Crippen molar-refractivity contribution in [3.05, 3.63) is 10.4 Å². The van der Waals surface area contributed by atoms with Crippen molar-refractivity contribution in [3.8, 4) is 0 Å². The van der Waals surface area contributed by atoms with Crippen LogP contribution in [0, 0.1) is 11.8 Å². The summed E-state index contributed by atoms with van der Waals surface area (Å²) in [5.74, 6) is 0.298. The molecule has 0 bridgehead atoms. The van der Waals surface area contributed by atoms with Gasteiger partial charge >= 0.3 is 5.97 Å². The zero-order chi connectivity index (χ0) is 26.2. The van der Waals surface area contributed by atoms with Crippen LogP contribution in [-0.2, 0) is 14.3 Å². The van der Waals surface area contributed by atoms with Gasteiger partial charge < -0.3 is 9.47 Å². The van der Waals surface area contributed by atoms with Crippen LogP contribution in [0.4, 0.5) is 0 Å². The summed E-state index contributed by atoms with van der Waals surface area (Å²) in [7, 11) is 0. The molecule has 0 aromatic heterocycles. The molecule has 0 saturated carbocycles. The fourth-order valence-electron chi connectivity index (χ4n) is 5.45. The topological polar surface area (TPSA) is 84.3 Å². The van der Waals surface area contributed by atoms with Crippen molar-refractivity contribution < 1.29 is 14.3 Å². The zero-order valence-electron chi connectivity index (χ0n) is 23.8. The van der Waals surface area contributed by atoms with Gasteiger partial charge in [-0.1, -0.05) is 89.1 Å². The van der Waals surface area contributed by atoms with Crippen LogP contribution in [0.15, 0.2) is 5.11 Å². The highest BCUT2D eigenvalue weighted by molar-refractivity contribution is 5.69. The summed E-state index contributed by atoms with van der Waals surface area (Å²) in [4.78, 5) is 15.3. The molecule has 0 unspecified atom stereocenters. The van der Waals surface area contributed by atoms with Crippen molar-refractivity contribution in [3.63, 3.8) is 0 Å². The maximum atomic E-state index is 12.3. The monoisotopic (exact) mass is 493 g/mol. The van der Waals surface area contributed by atoms with Crippen LogP contribution in [0.2, 0.25) is 0 Å². The largest absolute Gasteiger partial charge is 0.460 e. The number of hydrogen-bond acceptors (Lipinski definition) is 4. The summed E-state index contributed by atoms with van der Waals surface area (Å²) in [5, 5.41) is 3.87. The van der Waals surface area contributed by atoms with E-state index in [9.17, 15) is 4.79 Å². The Balaban J connectivity index is 2.42. The average Bonchev–Trinajstić information content (AvgIpc) is 3.07. The van der Waals surface area contributed by atoms with Crippen LogP contribution in [-0.4, -0.2) is 29.8 Å². The van der Waals surface area contributed by atoms with Crippen LogP contribution in [0.1, 0.15) is 144 Å². The third kappa shape index (κ3) is 15.5. The number of carbonyl (C=O) groups excluding carboxylic acids is 1. The van der Waals surface area contributed by atoms with Gasteiger partial charge in [-0.3, -0.25) is 4.79 Å². The van der Waals surface area contributed by atoms with Crippen LogP contribution in [0.3, 0.4) is 0 Å². The fraction of sp³-hybridized carbons (Fsp3) is 0.966. The molecule has 0 spiro atoms. The van der Waals surface area contributed by atoms with Gasteiger partial charge in [-0.2, -0.15) is 0 Å². The number of ether oxygens (including phenoxy) is 2. The van der Waals surface area contributed by atoms with E-state index in [1.165, 1.54) is 77.0 Å². The molecule has 6 heteroatoms. The highest BCUT2D eigenvalue weighted by atomic mass is 16.6. The molecule has 1 saturated heterocycles. The Labute approximate surface area is 215 Å². The third-order valence-corrected chi connectivity index (χ3v) is 7.09. The first-order chi connectivity index (χ1) is 16.6. The van der Waals surface area contributed by atoms with E-state index >= 15 is 0 Å². The predicted molar refractivity (Wildman–Crippen MR) is 145 cm³/mol. The molecule has 0 amide bonds. The fourth-order valence-corrected chi connectivity index (χ4v) is 5.45. The second kappa shape index (κ2) is 17.2. The van der Waals surface area contributed by atoms with Gasteiger partial charge in [0.15, 0.2) is 0 Å². The van der Waals surface area contributed by atoms with Crippen LogP contribution in [0.5, 0.6) is 0 Å². The molecule has 35 heavy (non-hydrogen) atoms. The number of azide groups is 1. The standard InChI is InChI=1S/C29H55N3O3/c1-7-8-9-10-11-12-13-14-15-16-17-18-19-24-22-29(5,6)35-27(24)25(23-31-32-30)20-21-26(33)34-28(2,3)4/h24-25,27H,7-23H2,1-6H3/t24-,25-,27+/m0/s1. The van der Waals surface area contributed by atoms with E-state index in [2.05, 4.69) is 30.8 Å². The maximum absolute atomic E-state index is 12.3. The maximum Gasteiger partial charge on any atom is 0.306 e. The number of esters is 1. The summed E-state index contributed by atoms with van der Waals surface area (Å²) in [6.45, 7) is 12.6. The lowest BCUT2D eigenvalue weighted by molar-refractivity contribution is -0.155. The number of unbranched alkanes of at least 4 members (excludes halogenated alkanes) is 11. The summed E-state index contributed by atoms with van der Waals surface area (Å²) in [6, 6.07) is 0. The van der Waals surface area contributed by atoms with E-state index < -0.39 is 5.60 Å². The van der Waals surface area contributed by atoms with Gasteiger partial charge in [0.25, 0.3) is 0 Å². The molecule has 0 aliphatic carbocycles. The molecule has 1 rings (SSSR count). The van der Waals surface area contributed by atoms with Crippen molar-refractivity contribution in [2.24, 2.45) is 17.0 Å². The van der Waals surface area contributed by atoms with Crippen molar-refractivity contribution >= 4 is 5.97 Å². The molecule has 204 valence electrons. The second-order valence-electron chi connectivity index (χ2n) is 12.3. The van der Waals surface area contributed by atoms with E-state index in [4.69, 9.17) is 15.0 Å². The van der Waals surface area contributed by atoms with E-state index in [0.29, 0.717) is 25.3 Å². The van der Waals surface area contributed by atoms with Crippen molar-refractivity contribution in [1.29, 1.82) is 0 Å². The summed E-state index contributed by atoms with van der Waals surface area (Å²) >= 11 is 0. The Hall–Kier alpha value is -1.26. The van der Waals surface area contributed by atoms with Gasteiger partial charge in [0, 0.05) is 17.9 Å². The Bertz CT molecular complexity index is 623. The third-order valence-electron chi connectivity index (χ3n) is 7.09. The molecule has 1 heterocycles. The highest BCUT2D eigenvalue weighted by Crippen LogP contribution is 2.42. The van der Waals surface area contributed by atoms with E-state index in [1.807, 2.05) is 20.8 Å². The van der Waals surface area contributed by atoms with Crippen molar-refractivity contribution in [2.75, 3.05) is 6.54 Å². The molecule has 1 fully saturated rings. The van der Waals surface area contributed by atoms with Gasteiger partial charge in [-0.25, -0.2) is 0 Å². The van der Waals surface area contributed by atoms with E-state index in [1.54, 1.807) is 0 Å². The Morgan fingerprint density at radius 3 is 2.09 bits per heavy atom. The molecule has 1 aliphatic rings. The van der Waals surface area contributed by atoms with Gasteiger partial charge in [0.05, 0.1) is 11.7 Å². The lowest BCUT2D eigenvalue weighted by Crippen LogP contribution is -2.31. The predicted octanol–water partition coefficient (Wildman–Crippen LogP) is 9.31. The molecule has 3 atom stereocenters. The van der Waals surface area contributed by atoms with E-state index in [-0.39, 0.29) is 23.6 Å². The molecule has 6 nitrogen and oxygen atoms in total. The quantitative estimate of drug-likeness (QED) is 0.0590. The molecular weight excluding hydrogens is 438 g/mol. The molecular formula is C29H55N3O3. The first-order valence-electron chi connectivity index (χ1n) is 14.5. The number of hydrogen-bond donors (Lipinski definition) is 0. The number of rotatable bonds is 19. The minimum absolute atomic E-state index is 0.0330. The first kappa shape index (κ1) is 31.8. The SMILES string of the molecule is CCCCCCCCCCCCCC[C@H]1CC(C)(C)O[C@H]1[C@@H](CCC(=O)OC(C)(C)C)CN=[N+]=[N-]. The molecule has 0 aromatic rings. The Kier molecular flexibility index (Phi) is 15.6. The number of carbonyl (C=O) groups is 1. The van der Waals surface area contributed by atoms with Crippen molar-refractivity contribution in [1.82, 2.24) is 0 Å². The smallest absolute Gasteiger partial charge is 0.306 e. The molecule has 0 aromatic carbocycles. The normalized spacial score (nSPS) is 20.4. The van der Waals surface area contributed by atoms with Crippen LogP contribution in [0.25, 0.3) is 10.4 Å². The lowest BCUT2D eigenvalue weighted by Gasteiger charge is -2.28. The number of nitrogens with zero attached hydrogens (tertiary/aromatic N) is 3. The average molecular weight is 494 g/mol. The van der Waals surface area contributed by atoms with Gasteiger partial charge in [-0.05, 0) is 71.2 Å². The van der Waals surface area contributed by atoms with Crippen molar-refractivity contribution in [2.45, 2.75) is 162 Å². The van der Waals surface area contributed by atoms with Gasteiger partial charge in [0.1, 0.15) is 5.60 Å².